The van der Waals surface area contributed by atoms with Crippen molar-refractivity contribution in [3.8, 4) is 40.7 Å². The molecule has 3 N–H and O–H groups in total. The van der Waals surface area contributed by atoms with Crippen molar-refractivity contribution in [1.82, 2.24) is 0 Å². The van der Waals surface area contributed by atoms with Crippen LogP contribution in [0.3, 0.4) is 0 Å². The monoisotopic (exact) mass is 684 g/mol. The summed E-state index contributed by atoms with van der Waals surface area (Å²) in [5, 5.41) is 33.0. The van der Waals surface area contributed by atoms with E-state index in [2.05, 4.69) is 70.0 Å². The Bertz CT molecular complexity index is 2060. The number of phenolic OH excluding ortho intramolecular Hbond substituents is 1. The fourth-order valence-corrected chi connectivity index (χ4v) is 10.0. The van der Waals surface area contributed by atoms with Crippen molar-refractivity contribution in [2.24, 2.45) is 10.8 Å². The molecule has 3 aliphatic rings. The summed E-state index contributed by atoms with van der Waals surface area (Å²) in [7, 11) is 1.58. The van der Waals surface area contributed by atoms with Gasteiger partial charge in [0.2, 0.25) is 0 Å². The van der Waals surface area contributed by atoms with E-state index in [1.807, 2.05) is 6.07 Å². The number of hydrogen-bond acceptors (Lipinski definition) is 6. The predicted molar refractivity (Wildman–Crippen MR) is 202 cm³/mol. The molecule has 0 amide bonds. The molecule has 5 aromatic rings. The topological polar surface area (TPSA) is 79.2 Å². The number of hydrogen-bond donors (Lipinski definition) is 3. The van der Waals surface area contributed by atoms with Crippen LogP contribution in [0.25, 0.3) is 21.9 Å². The van der Waals surface area contributed by atoms with Gasteiger partial charge in [-0.05, 0) is 93.6 Å². The van der Waals surface area contributed by atoms with E-state index in [0.717, 1.165) is 34.9 Å². The first-order chi connectivity index (χ1) is 23.8. The number of ether oxygens (including phenoxy) is 2. The van der Waals surface area contributed by atoms with Gasteiger partial charge in [0.1, 0.15) is 23.2 Å². The molecule has 1 atom stereocenters. The lowest BCUT2D eigenvalue weighted by Gasteiger charge is -2.51. The van der Waals surface area contributed by atoms with Crippen LogP contribution in [0.15, 0.2) is 95.9 Å². The third-order valence-electron chi connectivity index (χ3n) is 10.6. The minimum absolute atomic E-state index is 0.0443. The molecule has 1 fully saturated rings. The average Bonchev–Trinajstić information content (AvgIpc) is 3.66. The van der Waals surface area contributed by atoms with E-state index in [9.17, 15) is 10.2 Å². The zero-order valence-corrected chi connectivity index (χ0v) is 30.2. The van der Waals surface area contributed by atoms with Crippen LogP contribution in [0.4, 0.5) is 0 Å². The smallest absolute Gasteiger partial charge is 0.176 e. The number of aliphatic hydroxyl groups excluding tert-OH is 1. The number of benzene rings is 5. The molecule has 6 heteroatoms. The lowest BCUT2D eigenvalue weighted by molar-refractivity contribution is 0.0645. The Morgan fingerprint density at radius 1 is 0.840 bits per heavy atom. The second kappa shape index (κ2) is 12.4. The van der Waals surface area contributed by atoms with Gasteiger partial charge in [-0.2, -0.15) is 0 Å². The fourth-order valence-electron chi connectivity index (χ4n) is 9.24. The second-order valence-electron chi connectivity index (χ2n) is 15.5. The van der Waals surface area contributed by atoms with E-state index in [1.54, 1.807) is 67.4 Å². The maximum atomic E-state index is 11.2. The quantitative estimate of drug-likeness (QED) is 0.164. The number of aromatic hydroxyl groups is 1. The van der Waals surface area contributed by atoms with Crippen LogP contribution in [0.2, 0.25) is 0 Å². The van der Waals surface area contributed by atoms with Crippen LogP contribution >= 0.6 is 11.8 Å². The Morgan fingerprint density at radius 2 is 1.48 bits per heavy atom. The number of aliphatic hydroxyl groups is 2. The molecular formula is C44H44O5S. The first-order valence-electron chi connectivity index (χ1n) is 17.1. The highest BCUT2D eigenvalue weighted by Gasteiger charge is 2.53. The molecular weight excluding hydrogens is 641 g/mol. The number of rotatable bonds is 4. The normalized spacial score (nSPS) is 18.4. The zero-order valence-electron chi connectivity index (χ0n) is 29.3. The summed E-state index contributed by atoms with van der Waals surface area (Å²) < 4.78 is 10.9. The SMILES string of the molecule is C#CC(O)(c1ccc(CO)cc1)c1ccc(OC)cc1.CC1(C)CC(C)(C)CC2(C1)c1ccccc1-c1c2cc(O)c2cc3c(cc12)SCO3. The van der Waals surface area contributed by atoms with Gasteiger partial charge in [-0.1, -0.05) is 106 Å². The lowest BCUT2D eigenvalue weighted by atomic mass is 9.52. The predicted octanol–water partition coefficient (Wildman–Crippen LogP) is 9.55. The zero-order chi connectivity index (χ0) is 35.5. The van der Waals surface area contributed by atoms with E-state index in [4.69, 9.17) is 21.0 Å². The number of fused-ring (bicyclic) bond motifs is 8. The Kier molecular flexibility index (Phi) is 8.46. The van der Waals surface area contributed by atoms with Gasteiger partial charge < -0.3 is 24.8 Å². The van der Waals surface area contributed by atoms with Crippen molar-refractivity contribution in [3.05, 3.63) is 119 Å². The highest BCUT2D eigenvalue weighted by atomic mass is 32.2. The molecule has 5 aromatic carbocycles. The number of phenols is 1. The maximum absolute atomic E-state index is 11.2. The van der Waals surface area contributed by atoms with Gasteiger partial charge in [-0.15, -0.1) is 6.42 Å². The first kappa shape index (κ1) is 34.1. The van der Waals surface area contributed by atoms with E-state index in [-0.39, 0.29) is 22.9 Å². The van der Waals surface area contributed by atoms with Crippen molar-refractivity contribution in [2.75, 3.05) is 13.0 Å². The summed E-state index contributed by atoms with van der Waals surface area (Å²) in [6.07, 6.45) is 8.98. The largest absolute Gasteiger partial charge is 0.507 e. The highest BCUT2D eigenvalue weighted by molar-refractivity contribution is 7.99. The Labute approximate surface area is 299 Å². The molecule has 50 heavy (non-hydrogen) atoms. The molecule has 1 unspecified atom stereocenters. The van der Waals surface area contributed by atoms with Crippen LogP contribution in [0.5, 0.6) is 17.2 Å². The van der Waals surface area contributed by atoms with E-state index in [1.165, 1.54) is 33.6 Å². The lowest BCUT2D eigenvalue weighted by Crippen LogP contribution is -2.43. The summed E-state index contributed by atoms with van der Waals surface area (Å²) in [6, 6.07) is 29.2. The van der Waals surface area contributed by atoms with Gasteiger partial charge in [0.25, 0.3) is 0 Å². The molecule has 0 aromatic heterocycles. The average molecular weight is 685 g/mol. The molecule has 1 spiro atoms. The molecule has 1 heterocycles. The molecule has 8 rings (SSSR count). The molecule has 0 bridgehead atoms. The number of methoxy groups -OCH3 is 1. The minimum atomic E-state index is -1.50. The third-order valence-corrected chi connectivity index (χ3v) is 11.5. The summed E-state index contributed by atoms with van der Waals surface area (Å²) in [5.41, 5.74) is 6.30. The molecule has 256 valence electrons. The standard InChI is InChI=1S/C27H28O2S.C17H16O3/c1-25(2)12-26(3,4)14-27(13-25)19-8-6-5-7-16(19)24-18-10-23-22(29-15-30-23)9-17(18)21(28)11-20(24)27;1-3-17(19,14-6-4-13(12-18)5-7-14)15-8-10-16(20-2)11-9-15/h5-11,28H,12-15H2,1-4H3;1,4-11,18-19H,12H2,2H3. The number of thioether (sulfide) groups is 1. The maximum Gasteiger partial charge on any atom is 0.176 e. The van der Waals surface area contributed by atoms with Crippen molar-refractivity contribution in [1.29, 1.82) is 0 Å². The second-order valence-corrected chi connectivity index (χ2v) is 16.5. The van der Waals surface area contributed by atoms with Crippen LogP contribution in [-0.4, -0.2) is 28.4 Å². The molecule has 5 nitrogen and oxygen atoms in total. The fraction of sp³-hybridized carbons (Fsp3) is 0.318. The highest BCUT2D eigenvalue weighted by Crippen LogP contribution is 2.65. The molecule has 0 saturated heterocycles. The third kappa shape index (κ3) is 5.72. The van der Waals surface area contributed by atoms with Crippen LogP contribution < -0.4 is 9.47 Å². The van der Waals surface area contributed by atoms with E-state index in [0.29, 0.717) is 28.6 Å². The van der Waals surface area contributed by atoms with Crippen LogP contribution in [-0.2, 0) is 17.6 Å². The summed E-state index contributed by atoms with van der Waals surface area (Å²) in [6.45, 7) is 9.61. The van der Waals surface area contributed by atoms with E-state index < -0.39 is 5.60 Å². The molecule has 2 aliphatic carbocycles. The Morgan fingerprint density at radius 3 is 2.10 bits per heavy atom. The van der Waals surface area contributed by atoms with Crippen LogP contribution in [0, 0.1) is 23.2 Å². The molecule has 1 saturated carbocycles. The van der Waals surface area contributed by atoms with Gasteiger partial charge in [0.15, 0.2) is 5.60 Å². The van der Waals surface area contributed by atoms with Gasteiger partial charge in [-0.25, -0.2) is 0 Å². The van der Waals surface area contributed by atoms with E-state index >= 15 is 0 Å². The number of terminal acetylenes is 1. The van der Waals surface area contributed by atoms with Gasteiger partial charge in [-0.3, -0.25) is 0 Å². The summed E-state index contributed by atoms with van der Waals surface area (Å²) >= 11 is 1.74. The first-order valence-corrected chi connectivity index (χ1v) is 18.1. The van der Waals surface area contributed by atoms with Crippen LogP contribution in [0.1, 0.15) is 74.8 Å². The van der Waals surface area contributed by atoms with Gasteiger partial charge in [0, 0.05) is 21.9 Å². The van der Waals surface area contributed by atoms with Crippen molar-refractivity contribution in [3.63, 3.8) is 0 Å². The summed E-state index contributed by atoms with van der Waals surface area (Å²) in [4.78, 5) is 1.18. The molecule has 1 aliphatic heterocycles. The summed E-state index contributed by atoms with van der Waals surface area (Å²) in [5.74, 6) is 5.05. The van der Waals surface area contributed by atoms with Crippen molar-refractivity contribution < 1.29 is 24.8 Å². The van der Waals surface area contributed by atoms with Gasteiger partial charge >= 0.3 is 0 Å². The Balaban J connectivity index is 0.000000171. The Hall–Kier alpha value is -4.41. The molecule has 0 radical (unpaired) electrons. The van der Waals surface area contributed by atoms with Crippen molar-refractivity contribution in [2.45, 2.75) is 69.5 Å². The van der Waals surface area contributed by atoms with Crippen molar-refractivity contribution >= 4 is 22.5 Å². The van der Waals surface area contributed by atoms with Gasteiger partial charge in [0.05, 0.1) is 18.6 Å². The minimum Gasteiger partial charge on any atom is -0.507 e.